The Kier molecular flexibility index (Phi) is 3.04. The number of Topliss-reactive ketones (excluding diaryl/α,β-unsaturated/α-hetero) is 1. The van der Waals surface area contributed by atoms with Gasteiger partial charge in [0.25, 0.3) is 0 Å². The van der Waals surface area contributed by atoms with E-state index >= 15 is 0 Å². The van der Waals surface area contributed by atoms with E-state index < -0.39 is 0 Å². The van der Waals surface area contributed by atoms with Crippen LogP contribution in [-0.2, 0) is 4.79 Å². The van der Waals surface area contributed by atoms with Gasteiger partial charge in [0, 0.05) is 5.92 Å². The van der Waals surface area contributed by atoms with Crippen molar-refractivity contribution in [2.24, 2.45) is 17.8 Å². The first-order chi connectivity index (χ1) is 6.29. The molecule has 2 nitrogen and oxygen atoms in total. The molecule has 2 unspecified atom stereocenters. The molecule has 2 atom stereocenters. The number of alkyl halides is 1. The molecule has 2 rings (SSSR count). The van der Waals surface area contributed by atoms with E-state index in [1.54, 1.807) is 0 Å². The summed E-state index contributed by atoms with van der Waals surface area (Å²) in [5.74, 6) is 2.29. The Bertz CT molecular complexity index is 195. The lowest BCUT2D eigenvalue weighted by atomic mass is 9.72. The summed E-state index contributed by atoms with van der Waals surface area (Å²) in [6, 6.07) is 0. The van der Waals surface area contributed by atoms with Gasteiger partial charge in [-0.25, -0.2) is 0 Å². The van der Waals surface area contributed by atoms with Crippen LogP contribution in [0.1, 0.15) is 19.3 Å². The van der Waals surface area contributed by atoms with Crippen LogP contribution in [0.3, 0.4) is 0 Å². The fourth-order valence-corrected chi connectivity index (χ4v) is 3.22. The molecule has 1 aliphatic carbocycles. The lowest BCUT2D eigenvalue weighted by Gasteiger charge is -2.38. The molecule has 1 N–H and O–H groups in total. The minimum absolute atomic E-state index is 0.352. The zero-order valence-corrected chi connectivity index (χ0v) is 9.35. The van der Waals surface area contributed by atoms with Gasteiger partial charge in [0.2, 0.25) is 0 Å². The minimum atomic E-state index is 0.352. The summed E-state index contributed by atoms with van der Waals surface area (Å²) in [7, 11) is 0. The van der Waals surface area contributed by atoms with Gasteiger partial charge in [0.15, 0.2) is 0 Å². The first-order valence-corrected chi connectivity index (χ1v) is 6.21. The van der Waals surface area contributed by atoms with E-state index in [1.807, 2.05) is 0 Å². The standard InChI is InChI=1S/C10H16BrNO/c11-4-10(13)9-2-7-1-8(3-9)6-12-5-7/h7-9,12H,1-6H2. The van der Waals surface area contributed by atoms with Crippen molar-refractivity contribution in [1.29, 1.82) is 0 Å². The van der Waals surface area contributed by atoms with Gasteiger partial charge < -0.3 is 5.32 Å². The summed E-state index contributed by atoms with van der Waals surface area (Å²) in [5.41, 5.74) is 0. The van der Waals surface area contributed by atoms with Gasteiger partial charge in [-0.2, -0.15) is 0 Å². The van der Waals surface area contributed by atoms with E-state index in [0.29, 0.717) is 17.0 Å². The number of hydrogen-bond acceptors (Lipinski definition) is 2. The van der Waals surface area contributed by atoms with Crippen molar-refractivity contribution in [1.82, 2.24) is 5.32 Å². The summed E-state index contributed by atoms with van der Waals surface area (Å²) >= 11 is 3.26. The second kappa shape index (κ2) is 4.09. The number of carbonyl (C=O) groups is 1. The van der Waals surface area contributed by atoms with E-state index in [9.17, 15) is 4.79 Å². The first-order valence-electron chi connectivity index (χ1n) is 5.09. The van der Waals surface area contributed by atoms with E-state index in [0.717, 1.165) is 37.8 Å². The highest BCUT2D eigenvalue weighted by atomic mass is 79.9. The molecule has 74 valence electrons. The van der Waals surface area contributed by atoms with Crippen LogP contribution in [0.4, 0.5) is 0 Å². The van der Waals surface area contributed by atoms with Crippen molar-refractivity contribution in [3.63, 3.8) is 0 Å². The number of rotatable bonds is 2. The predicted octanol–water partition coefficient (Wildman–Crippen LogP) is 1.59. The largest absolute Gasteiger partial charge is 0.316 e. The van der Waals surface area contributed by atoms with Crippen LogP contribution >= 0.6 is 15.9 Å². The maximum Gasteiger partial charge on any atom is 0.146 e. The van der Waals surface area contributed by atoms with E-state index in [2.05, 4.69) is 21.2 Å². The van der Waals surface area contributed by atoms with Gasteiger partial charge in [-0.3, -0.25) is 4.79 Å². The highest BCUT2D eigenvalue weighted by molar-refractivity contribution is 9.09. The third-order valence-electron chi connectivity index (χ3n) is 3.36. The van der Waals surface area contributed by atoms with Crippen LogP contribution in [0.2, 0.25) is 0 Å². The molecule has 0 aromatic carbocycles. The Morgan fingerprint density at radius 2 is 1.85 bits per heavy atom. The van der Waals surface area contributed by atoms with E-state index in [1.165, 1.54) is 6.42 Å². The minimum Gasteiger partial charge on any atom is -0.316 e. The van der Waals surface area contributed by atoms with Gasteiger partial charge >= 0.3 is 0 Å². The van der Waals surface area contributed by atoms with Gasteiger partial charge in [-0.05, 0) is 44.2 Å². The van der Waals surface area contributed by atoms with Gasteiger partial charge in [-0.15, -0.1) is 0 Å². The smallest absolute Gasteiger partial charge is 0.146 e. The quantitative estimate of drug-likeness (QED) is 0.749. The third-order valence-corrected chi connectivity index (χ3v) is 3.91. The topological polar surface area (TPSA) is 29.1 Å². The summed E-state index contributed by atoms with van der Waals surface area (Å²) in [4.78, 5) is 11.5. The number of ketones is 1. The maximum atomic E-state index is 11.5. The second-order valence-electron chi connectivity index (χ2n) is 4.39. The fourth-order valence-electron chi connectivity index (χ4n) is 2.76. The lowest BCUT2D eigenvalue weighted by Crippen LogP contribution is -2.43. The molecule has 2 aliphatic rings. The summed E-state index contributed by atoms with van der Waals surface area (Å²) in [6.07, 6.45) is 3.58. The molecule has 1 saturated heterocycles. The van der Waals surface area contributed by atoms with Crippen molar-refractivity contribution in [3.05, 3.63) is 0 Å². The average molecular weight is 246 g/mol. The van der Waals surface area contributed by atoms with Crippen molar-refractivity contribution in [2.45, 2.75) is 19.3 Å². The molecule has 2 bridgehead atoms. The van der Waals surface area contributed by atoms with Gasteiger partial charge in [0.05, 0.1) is 5.33 Å². The summed E-state index contributed by atoms with van der Waals surface area (Å²) in [6.45, 7) is 2.26. The maximum absolute atomic E-state index is 11.5. The van der Waals surface area contributed by atoms with Crippen LogP contribution < -0.4 is 5.32 Å². The molecule has 1 heterocycles. The number of hydrogen-bond donors (Lipinski definition) is 1. The molecule has 0 radical (unpaired) electrons. The summed E-state index contributed by atoms with van der Waals surface area (Å²) in [5, 5.41) is 3.99. The Morgan fingerprint density at radius 1 is 1.23 bits per heavy atom. The van der Waals surface area contributed by atoms with Gasteiger partial charge in [-0.1, -0.05) is 15.9 Å². The predicted molar refractivity (Wildman–Crippen MR) is 56.0 cm³/mol. The number of fused-ring (bicyclic) bond motifs is 2. The normalized spacial score (nSPS) is 38.7. The molecular weight excluding hydrogens is 230 g/mol. The fraction of sp³-hybridized carbons (Fsp3) is 0.900. The molecule has 13 heavy (non-hydrogen) atoms. The zero-order chi connectivity index (χ0) is 9.26. The summed E-state index contributed by atoms with van der Waals surface area (Å²) < 4.78 is 0. The van der Waals surface area contributed by atoms with Crippen molar-refractivity contribution in [3.8, 4) is 0 Å². The molecule has 3 heteroatoms. The van der Waals surface area contributed by atoms with Crippen LogP contribution in [0.25, 0.3) is 0 Å². The average Bonchev–Trinajstić information content (AvgIpc) is 2.16. The molecule has 0 amide bonds. The molecule has 1 aliphatic heterocycles. The Labute approximate surface area is 87.6 Å². The number of carbonyl (C=O) groups excluding carboxylic acids is 1. The molecule has 0 spiro atoms. The Balaban J connectivity index is 1.97. The SMILES string of the molecule is O=C(CBr)C1CC2CNCC(C2)C1. The van der Waals surface area contributed by atoms with Gasteiger partial charge in [0.1, 0.15) is 5.78 Å². The number of halogens is 1. The van der Waals surface area contributed by atoms with Crippen LogP contribution in [0.5, 0.6) is 0 Å². The lowest BCUT2D eigenvalue weighted by molar-refractivity contribution is -0.122. The third kappa shape index (κ3) is 2.13. The van der Waals surface area contributed by atoms with E-state index in [4.69, 9.17) is 0 Å². The molecule has 1 saturated carbocycles. The molecule has 2 fully saturated rings. The highest BCUT2D eigenvalue weighted by Gasteiger charge is 2.34. The van der Waals surface area contributed by atoms with E-state index in [-0.39, 0.29) is 0 Å². The van der Waals surface area contributed by atoms with Crippen molar-refractivity contribution >= 4 is 21.7 Å². The van der Waals surface area contributed by atoms with Crippen molar-refractivity contribution < 1.29 is 4.79 Å². The number of nitrogens with one attached hydrogen (secondary N) is 1. The Hall–Kier alpha value is 0.110. The molecular formula is C10H16BrNO. The van der Waals surface area contributed by atoms with Crippen LogP contribution in [0.15, 0.2) is 0 Å². The second-order valence-corrected chi connectivity index (χ2v) is 4.96. The van der Waals surface area contributed by atoms with Crippen LogP contribution in [0, 0.1) is 17.8 Å². The monoisotopic (exact) mass is 245 g/mol. The number of piperidine rings is 1. The first kappa shape index (κ1) is 9.66. The van der Waals surface area contributed by atoms with Crippen LogP contribution in [-0.4, -0.2) is 24.2 Å². The van der Waals surface area contributed by atoms with Crippen molar-refractivity contribution in [2.75, 3.05) is 18.4 Å². The zero-order valence-electron chi connectivity index (χ0n) is 7.76. The molecule has 0 aromatic rings. The molecule has 0 aromatic heterocycles. The highest BCUT2D eigenvalue weighted by Crippen LogP contribution is 2.35. The Morgan fingerprint density at radius 3 is 2.38 bits per heavy atom.